The summed E-state index contributed by atoms with van der Waals surface area (Å²) in [5, 5.41) is 0. The van der Waals surface area contributed by atoms with Crippen molar-refractivity contribution in [2.24, 2.45) is 0 Å². The summed E-state index contributed by atoms with van der Waals surface area (Å²) in [5.41, 5.74) is 5.97. The molecule has 0 aliphatic carbocycles. The molecular formula is C25H19Br2N. The summed E-state index contributed by atoms with van der Waals surface area (Å²) in [6.07, 6.45) is 0.887. The molecule has 4 aromatic carbocycles. The van der Waals surface area contributed by atoms with Crippen molar-refractivity contribution in [2.45, 2.75) is 6.42 Å². The fraction of sp³-hybridized carbons (Fsp3) is 0.0400. The zero-order valence-corrected chi connectivity index (χ0v) is 18.4. The van der Waals surface area contributed by atoms with Crippen molar-refractivity contribution in [3.63, 3.8) is 0 Å². The minimum Gasteiger partial charge on any atom is -0.310 e. The molecule has 0 heterocycles. The quantitative estimate of drug-likeness (QED) is 0.271. The zero-order valence-electron chi connectivity index (χ0n) is 15.2. The Kier molecular flexibility index (Phi) is 5.94. The number of hydrogen-bond acceptors (Lipinski definition) is 1. The van der Waals surface area contributed by atoms with Gasteiger partial charge in [0, 0.05) is 26.0 Å². The summed E-state index contributed by atoms with van der Waals surface area (Å²) in [5.74, 6) is 0. The second-order valence-electron chi connectivity index (χ2n) is 6.59. The van der Waals surface area contributed by atoms with Gasteiger partial charge in [0.15, 0.2) is 0 Å². The molecule has 4 rings (SSSR count). The van der Waals surface area contributed by atoms with Crippen LogP contribution in [0.5, 0.6) is 0 Å². The van der Waals surface area contributed by atoms with E-state index in [2.05, 4.69) is 134 Å². The number of hydrogen-bond donors (Lipinski definition) is 0. The first kappa shape index (κ1) is 19.0. The molecule has 0 saturated heterocycles. The van der Waals surface area contributed by atoms with Gasteiger partial charge in [-0.3, -0.25) is 0 Å². The summed E-state index contributed by atoms with van der Waals surface area (Å²) >= 11 is 7.27. The van der Waals surface area contributed by atoms with Gasteiger partial charge < -0.3 is 4.90 Å². The minimum atomic E-state index is 0.887. The van der Waals surface area contributed by atoms with Crippen LogP contribution in [0.1, 0.15) is 11.1 Å². The Balaban J connectivity index is 1.78. The van der Waals surface area contributed by atoms with Crippen molar-refractivity contribution in [2.75, 3.05) is 4.90 Å². The lowest BCUT2D eigenvalue weighted by Crippen LogP contribution is -2.10. The van der Waals surface area contributed by atoms with Crippen molar-refractivity contribution >= 4 is 48.9 Å². The number of para-hydroxylation sites is 1. The van der Waals surface area contributed by atoms with Crippen LogP contribution in [0, 0.1) is 0 Å². The van der Waals surface area contributed by atoms with E-state index in [4.69, 9.17) is 0 Å². The summed E-state index contributed by atoms with van der Waals surface area (Å²) in [6.45, 7) is 0. The highest BCUT2D eigenvalue weighted by Crippen LogP contribution is 2.37. The van der Waals surface area contributed by atoms with Crippen LogP contribution in [0.25, 0.3) is 0 Å². The van der Waals surface area contributed by atoms with Crippen LogP contribution in [0.3, 0.4) is 0 Å². The second-order valence-corrected chi connectivity index (χ2v) is 8.36. The molecule has 0 fully saturated rings. The van der Waals surface area contributed by atoms with Crippen LogP contribution in [0.2, 0.25) is 0 Å². The third kappa shape index (κ3) is 4.37. The first-order valence-corrected chi connectivity index (χ1v) is 10.7. The third-order valence-electron chi connectivity index (χ3n) is 4.62. The Labute approximate surface area is 182 Å². The van der Waals surface area contributed by atoms with Gasteiger partial charge in [-0.05, 0) is 72.1 Å². The average molecular weight is 493 g/mol. The smallest absolute Gasteiger partial charge is 0.0465 e. The largest absolute Gasteiger partial charge is 0.310 e. The van der Waals surface area contributed by atoms with E-state index in [1.807, 2.05) is 6.07 Å². The maximum Gasteiger partial charge on any atom is 0.0465 e. The summed E-state index contributed by atoms with van der Waals surface area (Å²) in [4.78, 5) is 2.29. The fourth-order valence-corrected chi connectivity index (χ4v) is 3.92. The van der Waals surface area contributed by atoms with Crippen molar-refractivity contribution < 1.29 is 0 Å². The number of halogens is 2. The van der Waals surface area contributed by atoms with Gasteiger partial charge in [-0.2, -0.15) is 0 Å². The molecular weight excluding hydrogens is 474 g/mol. The lowest BCUT2D eigenvalue weighted by atomic mass is 10.0. The number of rotatable bonds is 5. The SMILES string of the molecule is Brc1ccc(N(c2ccccc2)c2ccc(Br)c(Cc3ccccc3)c2)cc1. The Hall–Kier alpha value is -2.36. The van der Waals surface area contributed by atoms with Crippen LogP contribution in [0.15, 0.2) is 112 Å². The highest BCUT2D eigenvalue weighted by Gasteiger charge is 2.14. The average Bonchev–Trinajstić information content (AvgIpc) is 2.73. The standard InChI is InChI=1S/C25H19Br2N/c26-21-11-13-23(14-12-21)28(22-9-5-2-6-10-22)24-15-16-25(27)20(18-24)17-19-7-3-1-4-8-19/h1-16,18H,17H2. The lowest BCUT2D eigenvalue weighted by molar-refractivity contribution is 1.17. The van der Waals surface area contributed by atoms with E-state index in [9.17, 15) is 0 Å². The monoisotopic (exact) mass is 491 g/mol. The van der Waals surface area contributed by atoms with Gasteiger partial charge in [-0.15, -0.1) is 0 Å². The molecule has 138 valence electrons. The van der Waals surface area contributed by atoms with Crippen molar-refractivity contribution in [3.05, 3.63) is 123 Å². The maximum absolute atomic E-state index is 3.73. The van der Waals surface area contributed by atoms with Crippen LogP contribution < -0.4 is 4.90 Å². The molecule has 0 radical (unpaired) electrons. The highest BCUT2D eigenvalue weighted by atomic mass is 79.9. The molecule has 0 saturated carbocycles. The normalized spacial score (nSPS) is 10.6. The Morgan fingerprint density at radius 1 is 0.571 bits per heavy atom. The van der Waals surface area contributed by atoms with Gasteiger partial charge in [-0.1, -0.05) is 80.4 Å². The molecule has 0 atom stereocenters. The Morgan fingerprint density at radius 2 is 1.14 bits per heavy atom. The van der Waals surface area contributed by atoms with E-state index in [1.54, 1.807) is 0 Å². The van der Waals surface area contributed by atoms with Crippen molar-refractivity contribution in [1.82, 2.24) is 0 Å². The molecule has 0 aliphatic heterocycles. The maximum atomic E-state index is 3.73. The second kappa shape index (κ2) is 8.76. The molecule has 1 nitrogen and oxygen atoms in total. The molecule has 3 heteroatoms. The molecule has 0 unspecified atom stereocenters. The first-order chi connectivity index (χ1) is 13.7. The summed E-state index contributed by atoms with van der Waals surface area (Å²) in [6, 6.07) is 36.0. The van der Waals surface area contributed by atoms with Gasteiger partial charge in [0.25, 0.3) is 0 Å². The lowest BCUT2D eigenvalue weighted by Gasteiger charge is -2.26. The Morgan fingerprint density at radius 3 is 1.82 bits per heavy atom. The number of anilines is 3. The molecule has 4 aromatic rings. The minimum absolute atomic E-state index is 0.887. The molecule has 0 aliphatic rings. The van der Waals surface area contributed by atoms with Crippen LogP contribution in [0.4, 0.5) is 17.1 Å². The summed E-state index contributed by atoms with van der Waals surface area (Å²) in [7, 11) is 0. The summed E-state index contributed by atoms with van der Waals surface area (Å²) < 4.78 is 2.20. The number of benzene rings is 4. The van der Waals surface area contributed by atoms with Crippen molar-refractivity contribution in [3.8, 4) is 0 Å². The molecule has 0 N–H and O–H groups in total. The predicted octanol–water partition coefficient (Wildman–Crippen LogP) is 8.27. The van der Waals surface area contributed by atoms with Crippen LogP contribution in [-0.4, -0.2) is 0 Å². The first-order valence-electron chi connectivity index (χ1n) is 9.14. The number of nitrogens with zero attached hydrogens (tertiary/aromatic N) is 1. The van der Waals surface area contributed by atoms with E-state index in [0.717, 1.165) is 32.4 Å². The molecule has 0 bridgehead atoms. The third-order valence-corrected chi connectivity index (χ3v) is 5.93. The topological polar surface area (TPSA) is 3.24 Å². The van der Waals surface area contributed by atoms with E-state index < -0.39 is 0 Å². The van der Waals surface area contributed by atoms with Crippen molar-refractivity contribution in [1.29, 1.82) is 0 Å². The van der Waals surface area contributed by atoms with Gasteiger partial charge in [0.05, 0.1) is 0 Å². The van der Waals surface area contributed by atoms with E-state index in [-0.39, 0.29) is 0 Å². The van der Waals surface area contributed by atoms with Gasteiger partial charge in [-0.25, -0.2) is 0 Å². The van der Waals surface area contributed by atoms with E-state index in [0.29, 0.717) is 0 Å². The van der Waals surface area contributed by atoms with E-state index >= 15 is 0 Å². The van der Waals surface area contributed by atoms with Gasteiger partial charge >= 0.3 is 0 Å². The van der Waals surface area contributed by atoms with Gasteiger partial charge in [0.1, 0.15) is 0 Å². The molecule has 0 aromatic heterocycles. The molecule has 0 amide bonds. The fourth-order valence-electron chi connectivity index (χ4n) is 3.27. The van der Waals surface area contributed by atoms with Gasteiger partial charge in [0.2, 0.25) is 0 Å². The molecule has 28 heavy (non-hydrogen) atoms. The highest BCUT2D eigenvalue weighted by molar-refractivity contribution is 9.10. The zero-order chi connectivity index (χ0) is 19.3. The molecule has 0 spiro atoms. The Bertz CT molecular complexity index is 1040. The van der Waals surface area contributed by atoms with Crippen LogP contribution in [-0.2, 0) is 6.42 Å². The van der Waals surface area contributed by atoms with E-state index in [1.165, 1.54) is 11.1 Å². The van der Waals surface area contributed by atoms with Crippen LogP contribution >= 0.6 is 31.9 Å². The predicted molar refractivity (Wildman–Crippen MR) is 126 cm³/mol.